The molecule has 10 heteroatoms. The van der Waals surface area contributed by atoms with Crippen LogP contribution in [0, 0.1) is 6.92 Å². The maximum atomic E-state index is 12.4. The van der Waals surface area contributed by atoms with Gasteiger partial charge in [0.1, 0.15) is 11.5 Å². The number of ether oxygens (including phenoxy) is 2. The largest absolute Gasteiger partial charge is 0.496 e. The van der Waals surface area contributed by atoms with E-state index in [1.807, 2.05) is 25.1 Å². The second kappa shape index (κ2) is 15.3. The second-order valence-electron chi connectivity index (χ2n) is 8.65. The molecule has 3 rings (SSSR count). The van der Waals surface area contributed by atoms with E-state index in [2.05, 4.69) is 10.3 Å². The Labute approximate surface area is 233 Å². The van der Waals surface area contributed by atoms with Gasteiger partial charge in [-0.15, -0.1) is 0 Å². The molecule has 3 aromatic carbocycles. The molecule has 0 aromatic heterocycles. The third kappa shape index (κ3) is 10.3. The number of ketones is 1. The van der Waals surface area contributed by atoms with Crippen LogP contribution < -0.4 is 26.3 Å². The maximum Gasteiger partial charge on any atom is 0.303 e. The molecule has 40 heavy (non-hydrogen) atoms. The number of carbonyl (C=O) groups excluding carboxylic acids is 2. The Morgan fingerprint density at radius 3 is 2.33 bits per heavy atom. The van der Waals surface area contributed by atoms with Crippen LogP contribution in [0.5, 0.6) is 11.5 Å². The maximum absolute atomic E-state index is 12.4. The first kappa shape index (κ1) is 31.1. The van der Waals surface area contributed by atoms with Crippen molar-refractivity contribution < 1.29 is 29.0 Å². The number of carbonyl (C=O) groups is 3. The first-order chi connectivity index (χ1) is 19.0. The average molecular weight is 547 g/mol. The van der Waals surface area contributed by atoms with E-state index in [0.29, 0.717) is 29.1 Å². The number of nitrogens with two attached hydrogens (primary N) is 2. The third-order valence-corrected chi connectivity index (χ3v) is 5.41. The van der Waals surface area contributed by atoms with Gasteiger partial charge in [-0.1, -0.05) is 24.3 Å². The molecular weight excluding hydrogens is 512 g/mol. The molecule has 0 aliphatic heterocycles. The summed E-state index contributed by atoms with van der Waals surface area (Å²) in [5, 5.41) is 11.6. The van der Waals surface area contributed by atoms with Crippen LogP contribution in [0.1, 0.15) is 40.4 Å². The summed E-state index contributed by atoms with van der Waals surface area (Å²) in [6, 6.07) is 17.5. The zero-order valence-electron chi connectivity index (χ0n) is 22.9. The number of carboxylic acids is 1. The minimum Gasteiger partial charge on any atom is -0.496 e. The smallest absolute Gasteiger partial charge is 0.303 e. The molecule has 0 aliphatic rings. The number of rotatable bonds is 10. The number of carboxylic acid groups (broad SMARTS) is 1. The Kier molecular flexibility index (Phi) is 11.9. The number of hydrogen-bond acceptors (Lipinski definition) is 6. The second-order valence-corrected chi connectivity index (χ2v) is 8.65. The number of aryl methyl sites for hydroxylation is 2. The predicted molar refractivity (Wildman–Crippen MR) is 156 cm³/mol. The Morgan fingerprint density at radius 2 is 1.70 bits per heavy atom. The number of guanidine groups is 1. The zero-order valence-corrected chi connectivity index (χ0v) is 22.9. The van der Waals surface area contributed by atoms with Crippen LogP contribution in [-0.4, -0.2) is 42.9 Å². The van der Waals surface area contributed by atoms with E-state index in [0.717, 1.165) is 22.4 Å². The van der Waals surface area contributed by atoms with Crippen LogP contribution in [-0.2, 0) is 16.0 Å². The number of aliphatic carboxylic acids is 1. The van der Waals surface area contributed by atoms with Crippen molar-refractivity contribution >= 4 is 41.1 Å². The van der Waals surface area contributed by atoms with E-state index in [-0.39, 0.29) is 24.1 Å². The summed E-state index contributed by atoms with van der Waals surface area (Å²) in [4.78, 5) is 37.8. The molecule has 0 aliphatic carbocycles. The van der Waals surface area contributed by atoms with Gasteiger partial charge in [0.05, 0.1) is 19.9 Å². The Bertz CT molecular complexity index is 1410. The lowest BCUT2D eigenvalue weighted by Crippen LogP contribution is -2.21. The van der Waals surface area contributed by atoms with Crippen LogP contribution in [0.3, 0.4) is 0 Å². The van der Waals surface area contributed by atoms with Gasteiger partial charge in [-0.05, 0) is 73.9 Å². The fourth-order valence-corrected chi connectivity index (χ4v) is 3.50. The van der Waals surface area contributed by atoms with E-state index in [1.54, 1.807) is 55.7 Å². The summed E-state index contributed by atoms with van der Waals surface area (Å²) in [6.45, 7) is 3.53. The zero-order chi connectivity index (χ0) is 29.7. The summed E-state index contributed by atoms with van der Waals surface area (Å²) >= 11 is 0. The van der Waals surface area contributed by atoms with Crippen molar-refractivity contribution in [2.45, 2.75) is 26.7 Å². The molecule has 1 amide bonds. The molecule has 210 valence electrons. The molecule has 0 fully saturated rings. The Balaban J connectivity index is 0.000000337. The first-order valence-electron chi connectivity index (χ1n) is 12.3. The van der Waals surface area contributed by atoms with Crippen molar-refractivity contribution in [1.29, 1.82) is 0 Å². The number of nitrogens with one attached hydrogen (secondary N) is 1. The van der Waals surface area contributed by atoms with Crippen molar-refractivity contribution in [3.05, 3.63) is 89.0 Å². The number of hydrogen-bond donors (Lipinski definition) is 4. The molecule has 0 spiro atoms. The van der Waals surface area contributed by atoms with E-state index in [4.69, 9.17) is 26.0 Å². The quantitative estimate of drug-likeness (QED) is 0.164. The number of aliphatic imine (C=N–C) groups is 1. The summed E-state index contributed by atoms with van der Waals surface area (Å²) in [5.41, 5.74) is 14.9. The highest BCUT2D eigenvalue weighted by atomic mass is 16.5. The SMILES string of the molecule is COc1cc(C)ccc1/C=C/C(C)=O.COc1cc(NC(=O)c2cccc(N=C(N)N)c2)ccc1CCC(=O)O. The van der Waals surface area contributed by atoms with Crippen LogP contribution in [0.25, 0.3) is 6.08 Å². The van der Waals surface area contributed by atoms with E-state index in [9.17, 15) is 14.4 Å². The van der Waals surface area contributed by atoms with Gasteiger partial charge in [-0.25, -0.2) is 4.99 Å². The topological polar surface area (TPSA) is 166 Å². The van der Waals surface area contributed by atoms with Crippen molar-refractivity contribution in [1.82, 2.24) is 0 Å². The van der Waals surface area contributed by atoms with Crippen molar-refractivity contribution in [2.24, 2.45) is 16.5 Å². The highest BCUT2D eigenvalue weighted by Crippen LogP contribution is 2.25. The van der Waals surface area contributed by atoms with Gasteiger partial charge >= 0.3 is 5.97 Å². The van der Waals surface area contributed by atoms with Crippen LogP contribution >= 0.6 is 0 Å². The average Bonchev–Trinajstić information content (AvgIpc) is 2.91. The van der Waals surface area contributed by atoms with Crippen LogP contribution in [0.2, 0.25) is 0 Å². The van der Waals surface area contributed by atoms with Crippen molar-refractivity contribution in [2.75, 3.05) is 19.5 Å². The molecule has 0 heterocycles. The monoisotopic (exact) mass is 546 g/mol. The number of amides is 1. The lowest BCUT2D eigenvalue weighted by Gasteiger charge is -2.11. The third-order valence-electron chi connectivity index (χ3n) is 5.41. The molecule has 3 aromatic rings. The molecule has 0 unspecified atom stereocenters. The van der Waals surface area contributed by atoms with Crippen molar-refractivity contribution in [3.63, 3.8) is 0 Å². The number of allylic oxidation sites excluding steroid dienone is 1. The number of benzene rings is 3. The molecule has 0 saturated carbocycles. The molecule has 10 nitrogen and oxygen atoms in total. The lowest BCUT2D eigenvalue weighted by atomic mass is 10.1. The van der Waals surface area contributed by atoms with Crippen LogP contribution in [0.4, 0.5) is 11.4 Å². The number of methoxy groups -OCH3 is 2. The molecule has 0 atom stereocenters. The van der Waals surface area contributed by atoms with E-state index >= 15 is 0 Å². The minimum absolute atomic E-state index is 0.000348. The fraction of sp³-hybridized carbons (Fsp3) is 0.200. The molecule has 6 N–H and O–H groups in total. The highest BCUT2D eigenvalue weighted by Gasteiger charge is 2.11. The summed E-state index contributed by atoms with van der Waals surface area (Å²) in [7, 11) is 3.11. The van der Waals surface area contributed by atoms with E-state index < -0.39 is 5.97 Å². The van der Waals surface area contributed by atoms with Gasteiger partial charge in [-0.3, -0.25) is 14.4 Å². The highest BCUT2D eigenvalue weighted by molar-refractivity contribution is 6.05. The van der Waals surface area contributed by atoms with E-state index in [1.165, 1.54) is 20.1 Å². The molecule has 0 radical (unpaired) electrons. The minimum atomic E-state index is -0.884. The fourth-order valence-electron chi connectivity index (χ4n) is 3.50. The van der Waals surface area contributed by atoms with Gasteiger partial charge in [-0.2, -0.15) is 0 Å². The summed E-state index contributed by atoms with van der Waals surface area (Å²) in [5.74, 6) is 0.0285. The standard InChI is InChI=1S/C18H20N4O4.C12H14O2/c1-26-15-10-14(7-5-11(15)6-8-16(23)24)21-17(25)12-3-2-4-13(9-12)22-18(19)20;1-9-4-6-11(7-5-10(2)13)12(8-9)14-3/h2-5,7,9-10H,6,8H2,1H3,(H,21,25)(H,23,24)(H4,19,20,22);4-8H,1-3H3/b;7-5+. The Morgan fingerprint density at radius 1 is 0.975 bits per heavy atom. The number of anilines is 1. The predicted octanol–water partition coefficient (Wildman–Crippen LogP) is 4.48. The van der Waals surface area contributed by atoms with Gasteiger partial charge in [0.15, 0.2) is 11.7 Å². The first-order valence-corrected chi connectivity index (χ1v) is 12.3. The van der Waals surface area contributed by atoms with Gasteiger partial charge in [0.25, 0.3) is 5.91 Å². The van der Waals surface area contributed by atoms with Gasteiger partial charge in [0.2, 0.25) is 0 Å². The Hall–Kier alpha value is -5.12. The molecular formula is C30H34N4O6. The molecule has 0 saturated heterocycles. The summed E-state index contributed by atoms with van der Waals surface area (Å²) in [6.07, 6.45) is 3.64. The van der Waals surface area contributed by atoms with Gasteiger partial charge < -0.3 is 31.4 Å². The normalized spacial score (nSPS) is 10.2. The van der Waals surface area contributed by atoms with Crippen LogP contribution in [0.15, 0.2) is 71.7 Å². The lowest BCUT2D eigenvalue weighted by molar-refractivity contribution is -0.137. The molecule has 0 bridgehead atoms. The number of nitrogens with zero attached hydrogens (tertiary/aromatic N) is 1. The van der Waals surface area contributed by atoms with Gasteiger partial charge in [0, 0.05) is 29.3 Å². The summed E-state index contributed by atoms with van der Waals surface area (Å²) < 4.78 is 10.5. The van der Waals surface area contributed by atoms with Crippen molar-refractivity contribution in [3.8, 4) is 11.5 Å².